The Balaban J connectivity index is 2.57. The summed E-state index contributed by atoms with van der Waals surface area (Å²) in [4.78, 5) is 0. The van der Waals surface area contributed by atoms with Gasteiger partial charge in [0.2, 0.25) is 0 Å². The normalized spacial score (nSPS) is 11.6. The highest BCUT2D eigenvalue weighted by atomic mass is 35.5. The zero-order valence-electron chi connectivity index (χ0n) is 9.79. The van der Waals surface area contributed by atoms with Gasteiger partial charge < -0.3 is 5.32 Å². The minimum absolute atomic E-state index is 0.324. The molecule has 1 N–H and O–H groups in total. The standard InChI is InChI=1S/C12H16ClN3/c1-8(2)16-11-5-4-9(7-14-3)6-10(11)12(13)15-16/h4-6,8,14H,7H2,1-3H3. The van der Waals surface area contributed by atoms with Crippen LogP contribution in [0.3, 0.4) is 0 Å². The van der Waals surface area contributed by atoms with Crippen LogP contribution in [0, 0.1) is 0 Å². The molecule has 0 aliphatic carbocycles. The number of fused-ring (bicyclic) bond motifs is 1. The fraction of sp³-hybridized carbons (Fsp3) is 0.417. The Kier molecular flexibility index (Phi) is 3.17. The molecule has 0 unspecified atom stereocenters. The zero-order valence-corrected chi connectivity index (χ0v) is 10.5. The van der Waals surface area contributed by atoms with E-state index in [-0.39, 0.29) is 0 Å². The van der Waals surface area contributed by atoms with Crippen LogP contribution in [0.15, 0.2) is 18.2 Å². The average Bonchev–Trinajstić information content (AvgIpc) is 2.57. The summed E-state index contributed by atoms with van der Waals surface area (Å²) in [6.45, 7) is 5.05. The highest BCUT2D eigenvalue weighted by Gasteiger charge is 2.11. The maximum Gasteiger partial charge on any atom is 0.158 e. The molecule has 0 radical (unpaired) electrons. The second kappa shape index (κ2) is 4.44. The Morgan fingerprint density at radius 3 is 2.81 bits per heavy atom. The van der Waals surface area contributed by atoms with Gasteiger partial charge in [0.15, 0.2) is 5.15 Å². The van der Waals surface area contributed by atoms with E-state index in [0.29, 0.717) is 11.2 Å². The van der Waals surface area contributed by atoms with Crippen molar-refractivity contribution in [1.82, 2.24) is 15.1 Å². The van der Waals surface area contributed by atoms with E-state index >= 15 is 0 Å². The fourth-order valence-electron chi connectivity index (χ4n) is 1.86. The molecule has 3 nitrogen and oxygen atoms in total. The maximum atomic E-state index is 6.14. The molecule has 0 spiro atoms. The SMILES string of the molecule is CNCc1ccc2c(c1)c(Cl)nn2C(C)C. The van der Waals surface area contributed by atoms with Gasteiger partial charge in [-0.2, -0.15) is 5.10 Å². The molecule has 1 heterocycles. The topological polar surface area (TPSA) is 29.9 Å². The van der Waals surface area contributed by atoms with Gasteiger partial charge in [-0.15, -0.1) is 0 Å². The second-order valence-electron chi connectivity index (χ2n) is 4.21. The lowest BCUT2D eigenvalue weighted by molar-refractivity contribution is 0.551. The molecule has 0 saturated heterocycles. The van der Waals surface area contributed by atoms with Gasteiger partial charge in [-0.25, -0.2) is 0 Å². The predicted octanol–water partition coefficient (Wildman–Crippen LogP) is 2.99. The van der Waals surface area contributed by atoms with Crippen LogP contribution in [-0.2, 0) is 6.54 Å². The minimum atomic E-state index is 0.324. The molecule has 86 valence electrons. The number of nitrogens with zero attached hydrogens (tertiary/aromatic N) is 2. The molecule has 0 aliphatic heterocycles. The summed E-state index contributed by atoms with van der Waals surface area (Å²) in [5.41, 5.74) is 2.32. The van der Waals surface area contributed by atoms with Crippen LogP contribution < -0.4 is 5.32 Å². The Morgan fingerprint density at radius 1 is 1.44 bits per heavy atom. The van der Waals surface area contributed by atoms with E-state index in [2.05, 4.69) is 42.5 Å². The third-order valence-corrected chi connectivity index (χ3v) is 2.87. The summed E-state index contributed by atoms with van der Waals surface area (Å²) in [5, 5.41) is 9.10. The van der Waals surface area contributed by atoms with Gasteiger partial charge in [-0.05, 0) is 38.6 Å². The lowest BCUT2D eigenvalue weighted by Gasteiger charge is -2.07. The number of hydrogen-bond acceptors (Lipinski definition) is 2. The highest BCUT2D eigenvalue weighted by molar-refractivity contribution is 6.34. The summed E-state index contributed by atoms with van der Waals surface area (Å²) < 4.78 is 1.96. The first kappa shape index (κ1) is 11.4. The zero-order chi connectivity index (χ0) is 11.7. The van der Waals surface area contributed by atoms with Crippen molar-refractivity contribution in [3.8, 4) is 0 Å². The molecule has 16 heavy (non-hydrogen) atoms. The van der Waals surface area contributed by atoms with Gasteiger partial charge in [0, 0.05) is 18.0 Å². The Hall–Kier alpha value is -1.06. The summed E-state index contributed by atoms with van der Waals surface area (Å²) in [5.74, 6) is 0. The van der Waals surface area contributed by atoms with Crippen molar-refractivity contribution in [3.05, 3.63) is 28.9 Å². The van der Waals surface area contributed by atoms with Crippen LogP contribution >= 0.6 is 11.6 Å². The molecule has 0 fully saturated rings. The third-order valence-electron chi connectivity index (χ3n) is 2.60. The Labute approximate surface area is 100 Å². The number of nitrogens with one attached hydrogen (secondary N) is 1. The van der Waals surface area contributed by atoms with Crippen molar-refractivity contribution >= 4 is 22.5 Å². The van der Waals surface area contributed by atoms with E-state index in [9.17, 15) is 0 Å². The lowest BCUT2D eigenvalue weighted by Crippen LogP contribution is -2.05. The van der Waals surface area contributed by atoms with Crippen LogP contribution in [-0.4, -0.2) is 16.8 Å². The largest absolute Gasteiger partial charge is 0.316 e. The lowest BCUT2D eigenvalue weighted by atomic mass is 10.1. The maximum absolute atomic E-state index is 6.14. The van der Waals surface area contributed by atoms with E-state index in [1.165, 1.54) is 5.56 Å². The van der Waals surface area contributed by atoms with Gasteiger partial charge >= 0.3 is 0 Å². The molecule has 0 aliphatic rings. The number of benzene rings is 1. The van der Waals surface area contributed by atoms with E-state index in [0.717, 1.165) is 17.4 Å². The molecule has 1 aromatic carbocycles. The molecular weight excluding hydrogens is 222 g/mol. The van der Waals surface area contributed by atoms with Gasteiger partial charge in [0.05, 0.1) is 5.52 Å². The van der Waals surface area contributed by atoms with Crippen molar-refractivity contribution in [3.63, 3.8) is 0 Å². The van der Waals surface area contributed by atoms with Crippen molar-refractivity contribution in [1.29, 1.82) is 0 Å². The van der Waals surface area contributed by atoms with Crippen LogP contribution in [0.2, 0.25) is 5.15 Å². The van der Waals surface area contributed by atoms with Crippen LogP contribution in [0.5, 0.6) is 0 Å². The van der Waals surface area contributed by atoms with Crippen molar-refractivity contribution in [2.45, 2.75) is 26.4 Å². The van der Waals surface area contributed by atoms with Gasteiger partial charge in [-0.1, -0.05) is 17.7 Å². The quantitative estimate of drug-likeness (QED) is 0.890. The smallest absolute Gasteiger partial charge is 0.158 e. The van der Waals surface area contributed by atoms with Gasteiger partial charge in [0.1, 0.15) is 0 Å². The van der Waals surface area contributed by atoms with Crippen LogP contribution in [0.1, 0.15) is 25.5 Å². The van der Waals surface area contributed by atoms with Crippen LogP contribution in [0.25, 0.3) is 10.9 Å². The number of rotatable bonds is 3. The third kappa shape index (κ3) is 1.93. The Morgan fingerprint density at radius 2 is 2.19 bits per heavy atom. The average molecular weight is 238 g/mol. The molecule has 2 aromatic rings. The van der Waals surface area contributed by atoms with Crippen molar-refractivity contribution < 1.29 is 0 Å². The Bertz CT molecular complexity index is 502. The first-order valence-corrected chi connectivity index (χ1v) is 5.82. The molecule has 0 amide bonds. The predicted molar refractivity (Wildman–Crippen MR) is 67.9 cm³/mol. The fourth-order valence-corrected chi connectivity index (χ4v) is 2.09. The molecule has 4 heteroatoms. The van der Waals surface area contributed by atoms with Crippen LogP contribution in [0.4, 0.5) is 0 Å². The van der Waals surface area contributed by atoms with Crippen molar-refractivity contribution in [2.24, 2.45) is 0 Å². The minimum Gasteiger partial charge on any atom is -0.316 e. The molecule has 0 saturated carbocycles. The summed E-state index contributed by atoms with van der Waals surface area (Å²) in [6.07, 6.45) is 0. The van der Waals surface area contributed by atoms with Gasteiger partial charge in [0.25, 0.3) is 0 Å². The molecule has 0 atom stereocenters. The monoisotopic (exact) mass is 237 g/mol. The molecule has 1 aromatic heterocycles. The second-order valence-corrected chi connectivity index (χ2v) is 4.57. The molecule has 2 rings (SSSR count). The van der Waals surface area contributed by atoms with E-state index < -0.39 is 0 Å². The highest BCUT2D eigenvalue weighted by Crippen LogP contribution is 2.26. The van der Waals surface area contributed by atoms with Crippen molar-refractivity contribution in [2.75, 3.05) is 7.05 Å². The first-order valence-electron chi connectivity index (χ1n) is 5.44. The van der Waals surface area contributed by atoms with E-state index in [1.807, 2.05) is 11.7 Å². The summed E-state index contributed by atoms with van der Waals surface area (Å²) in [6, 6.07) is 6.61. The number of aromatic nitrogens is 2. The summed E-state index contributed by atoms with van der Waals surface area (Å²) in [7, 11) is 1.93. The number of hydrogen-bond donors (Lipinski definition) is 1. The molecular formula is C12H16ClN3. The van der Waals surface area contributed by atoms with E-state index in [4.69, 9.17) is 11.6 Å². The van der Waals surface area contributed by atoms with E-state index in [1.54, 1.807) is 0 Å². The molecule has 0 bridgehead atoms. The summed E-state index contributed by atoms with van der Waals surface area (Å²) >= 11 is 6.14. The van der Waals surface area contributed by atoms with Gasteiger partial charge in [-0.3, -0.25) is 4.68 Å². The first-order chi connectivity index (χ1) is 7.63. The number of halogens is 1.